The lowest BCUT2D eigenvalue weighted by atomic mass is 10.0. The van der Waals surface area contributed by atoms with Crippen LogP contribution in [0.4, 0.5) is 0 Å². The van der Waals surface area contributed by atoms with E-state index in [1.165, 1.54) is 12.2 Å². The molecule has 0 saturated carbocycles. The van der Waals surface area contributed by atoms with E-state index in [1.807, 2.05) is 0 Å². The van der Waals surface area contributed by atoms with E-state index in [2.05, 4.69) is 0 Å². The molecule has 1 atom stereocenters. The van der Waals surface area contributed by atoms with Gasteiger partial charge < -0.3 is 15.9 Å². The average molecular weight is 142 g/mol. The van der Waals surface area contributed by atoms with Gasteiger partial charge in [0, 0.05) is 12.1 Å². The van der Waals surface area contributed by atoms with Crippen molar-refractivity contribution in [2.45, 2.75) is 12.1 Å². The van der Waals surface area contributed by atoms with Gasteiger partial charge in [0.2, 0.25) is 0 Å². The Balaban J connectivity index is 2.89. The van der Waals surface area contributed by atoms with E-state index in [-0.39, 0.29) is 12.2 Å². The maximum absolute atomic E-state index is 9.15. The highest BCUT2D eigenvalue weighted by Crippen LogP contribution is 2.19. The van der Waals surface area contributed by atoms with Gasteiger partial charge in [-0.1, -0.05) is 0 Å². The molecular formula is C6H10N2O2. The van der Waals surface area contributed by atoms with Crippen molar-refractivity contribution in [3.8, 4) is 0 Å². The van der Waals surface area contributed by atoms with Gasteiger partial charge in [0.25, 0.3) is 0 Å². The summed E-state index contributed by atoms with van der Waals surface area (Å²) in [7, 11) is 0. The van der Waals surface area contributed by atoms with Gasteiger partial charge >= 0.3 is 0 Å². The van der Waals surface area contributed by atoms with Crippen molar-refractivity contribution in [2.75, 3.05) is 0 Å². The number of aliphatic hydroxyl groups excluding tert-OH is 1. The fourth-order valence-electron chi connectivity index (χ4n) is 0.791. The molecule has 0 radical (unpaired) electrons. The molecule has 10 heavy (non-hydrogen) atoms. The first-order valence-electron chi connectivity index (χ1n) is 2.89. The van der Waals surface area contributed by atoms with Crippen LogP contribution in [-0.4, -0.2) is 15.9 Å². The van der Waals surface area contributed by atoms with E-state index in [0.717, 1.165) is 0 Å². The highest BCUT2D eigenvalue weighted by Gasteiger charge is 2.28. The molecule has 1 aliphatic rings. The largest absolute Gasteiger partial charge is 0.508 e. The quantitative estimate of drug-likeness (QED) is 0.337. The topological polar surface area (TPSA) is 92.5 Å². The fraction of sp³-hybridized carbons (Fsp3) is 0.333. The molecule has 0 aromatic carbocycles. The first kappa shape index (κ1) is 7.11. The van der Waals surface area contributed by atoms with Crippen LogP contribution in [0.25, 0.3) is 0 Å². The van der Waals surface area contributed by atoms with Crippen LogP contribution in [0.2, 0.25) is 0 Å². The zero-order valence-corrected chi connectivity index (χ0v) is 5.41. The molecule has 0 spiro atoms. The zero-order chi connectivity index (χ0) is 7.78. The number of rotatable bonds is 0. The molecule has 0 aliphatic heterocycles. The van der Waals surface area contributed by atoms with Crippen LogP contribution >= 0.6 is 0 Å². The summed E-state index contributed by atoms with van der Waals surface area (Å²) in [6.45, 7) is 0. The van der Waals surface area contributed by atoms with E-state index >= 15 is 0 Å². The summed E-state index contributed by atoms with van der Waals surface area (Å²) in [5.74, 6) is -0.248. The number of aliphatic hydroxyl groups is 2. The van der Waals surface area contributed by atoms with Gasteiger partial charge in [0.15, 0.2) is 5.72 Å². The summed E-state index contributed by atoms with van der Waals surface area (Å²) in [6.07, 6.45) is 2.88. The summed E-state index contributed by atoms with van der Waals surface area (Å²) in [6, 6.07) is 0. The molecule has 1 aliphatic carbocycles. The molecule has 1 rings (SSSR count). The number of hydrogen-bond acceptors (Lipinski definition) is 4. The van der Waals surface area contributed by atoms with Gasteiger partial charge in [-0.25, -0.2) is 0 Å². The third-order valence-electron chi connectivity index (χ3n) is 1.37. The van der Waals surface area contributed by atoms with Gasteiger partial charge in [0.1, 0.15) is 5.76 Å². The Kier molecular flexibility index (Phi) is 1.42. The average Bonchev–Trinajstić information content (AvgIpc) is 1.78. The van der Waals surface area contributed by atoms with Crippen LogP contribution in [0.3, 0.4) is 0 Å². The normalized spacial score (nSPS) is 33.0. The van der Waals surface area contributed by atoms with Crippen molar-refractivity contribution in [3.63, 3.8) is 0 Å². The van der Waals surface area contributed by atoms with Crippen LogP contribution in [0, 0.1) is 0 Å². The van der Waals surface area contributed by atoms with Crippen molar-refractivity contribution in [3.05, 3.63) is 23.6 Å². The van der Waals surface area contributed by atoms with E-state index < -0.39 is 5.72 Å². The van der Waals surface area contributed by atoms with E-state index in [1.54, 1.807) is 0 Å². The van der Waals surface area contributed by atoms with E-state index in [0.29, 0.717) is 5.70 Å². The molecule has 56 valence electrons. The monoisotopic (exact) mass is 142 g/mol. The first-order valence-corrected chi connectivity index (χ1v) is 2.89. The van der Waals surface area contributed by atoms with E-state index in [4.69, 9.17) is 21.7 Å². The Morgan fingerprint density at radius 1 is 1.50 bits per heavy atom. The molecule has 0 bridgehead atoms. The van der Waals surface area contributed by atoms with Gasteiger partial charge in [-0.15, -0.1) is 0 Å². The Labute approximate surface area is 58.4 Å². The van der Waals surface area contributed by atoms with Gasteiger partial charge in [0.05, 0.1) is 0 Å². The molecule has 0 saturated heterocycles. The highest BCUT2D eigenvalue weighted by molar-refractivity contribution is 5.25. The summed E-state index contributed by atoms with van der Waals surface area (Å²) in [4.78, 5) is 0. The minimum atomic E-state index is -1.67. The van der Waals surface area contributed by atoms with Crippen molar-refractivity contribution in [1.82, 2.24) is 0 Å². The predicted octanol–water partition coefficient (Wildman–Crippen LogP) is -0.678. The Bertz CT molecular complexity index is 206. The molecule has 0 aromatic rings. The van der Waals surface area contributed by atoms with Gasteiger partial charge in [-0.05, 0) is 12.2 Å². The smallest absolute Gasteiger partial charge is 0.177 e. The van der Waals surface area contributed by atoms with Crippen LogP contribution in [0.15, 0.2) is 23.6 Å². The van der Waals surface area contributed by atoms with Crippen molar-refractivity contribution < 1.29 is 10.2 Å². The maximum Gasteiger partial charge on any atom is 0.177 e. The Morgan fingerprint density at radius 2 is 2.10 bits per heavy atom. The number of hydrogen-bond donors (Lipinski definition) is 4. The van der Waals surface area contributed by atoms with Crippen LogP contribution in [0.5, 0.6) is 0 Å². The lowest BCUT2D eigenvalue weighted by Gasteiger charge is -2.24. The summed E-state index contributed by atoms with van der Waals surface area (Å²) < 4.78 is 0. The second kappa shape index (κ2) is 2.00. The minimum absolute atomic E-state index is 0.0787. The molecule has 4 nitrogen and oxygen atoms in total. The van der Waals surface area contributed by atoms with Crippen molar-refractivity contribution >= 4 is 0 Å². The molecule has 0 heterocycles. The molecule has 4 heteroatoms. The van der Waals surface area contributed by atoms with Crippen molar-refractivity contribution in [2.24, 2.45) is 11.5 Å². The van der Waals surface area contributed by atoms with Gasteiger partial charge in [-0.2, -0.15) is 0 Å². The third kappa shape index (κ3) is 1.12. The molecule has 0 fully saturated rings. The highest BCUT2D eigenvalue weighted by atomic mass is 16.3. The van der Waals surface area contributed by atoms with Gasteiger partial charge in [-0.3, -0.25) is 5.73 Å². The van der Waals surface area contributed by atoms with E-state index in [9.17, 15) is 0 Å². The Hall–Kier alpha value is -1.00. The lowest BCUT2D eigenvalue weighted by molar-refractivity contribution is 0.0394. The summed E-state index contributed by atoms with van der Waals surface area (Å²) in [5, 5.41) is 18.1. The summed E-state index contributed by atoms with van der Waals surface area (Å²) in [5.41, 5.74) is 9.36. The molecule has 0 aromatic heterocycles. The minimum Gasteiger partial charge on any atom is -0.508 e. The second-order valence-corrected chi connectivity index (χ2v) is 2.39. The fourth-order valence-corrected chi connectivity index (χ4v) is 0.791. The zero-order valence-electron chi connectivity index (χ0n) is 5.41. The van der Waals surface area contributed by atoms with Crippen LogP contribution in [0.1, 0.15) is 6.42 Å². The molecule has 0 amide bonds. The van der Waals surface area contributed by atoms with Crippen molar-refractivity contribution in [1.29, 1.82) is 0 Å². The number of allylic oxidation sites excluding steroid dienone is 2. The Morgan fingerprint density at radius 3 is 2.50 bits per heavy atom. The summed E-state index contributed by atoms with van der Waals surface area (Å²) >= 11 is 0. The lowest BCUT2D eigenvalue weighted by Crippen LogP contribution is -2.44. The standard InChI is InChI=1S/C6H10N2O2/c7-4-1-2-5(9)6(8,10)3-4/h1-2,9-10H,3,7-8H2. The predicted molar refractivity (Wildman–Crippen MR) is 36.7 cm³/mol. The van der Waals surface area contributed by atoms with Crippen LogP contribution in [-0.2, 0) is 0 Å². The third-order valence-corrected chi connectivity index (χ3v) is 1.37. The number of nitrogens with two attached hydrogens (primary N) is 2. The van der Waals surface area contributed by atoms with Crippen LogP contribution < -0.4 is 11.5 Å². The maximum atomic E-state index is 9.15. The molecule has 6 N–H and O–H groups in total. The second-order valence-electron chi connectivity index (χ2n) is 2.39. The molecular weight excluding hydrogens is 132 g/mol. The first-order chi connectivity index (χ1) is 4.52. The molecule has 1 unspecified atom stereocenters. The SMILES string of the molecule is NC1=CC=C(O)C(N)(O)C1.